The van der Waals surface area contributed by atoms with E-state index in [9.17, 15) is 0 Å². The Bertz CT molecular complexity index is 1760. The second-order valence-corrected chi connectivity index (χ2v) is 10.2. The maximum absolute atomic E-state index is 4.79. The zero-order valence-electron chi connectivity index (χ0n) is 19.2. The van der Waals surface area contributed by atoms with Crippen LogP contribution in [0, 0.1) is 0 Å². The number of rotatable bonds is 0. The van der Waals surface area contributed by atoms with Crippen LogP contribution in [-0.2, 0) is 25.7 Å². The molecule has 4 aliphatic rings. The van der Waals surface area contributed by atoms with E-state index in [0.717, 1.165) is 25.7 Å². The van der Waals surface area contributed by atoms with Gasteiger partial charge in [-0.3, -0.25) is 9.97 Å². The highest BCUT2D eigenvalue weighted by Crippen LogP contribution is 2.54. The summed E-state index contributed by atoms with van der Waals surface area (Å²) in [6, 6.07) is 22.7. The molecule has 3 aromatic carbocycles. The Morgan fingerprint density at radius 3 is 2.40 bits per heavy atom. The van der Waals surface area contributed by atoms with E-state index in [0.29, 0.717) is 0 Å². The number of hydrogen-bond acceptors (Lipinski definition) is 3. The third-order valence-corrected chi connectivity index (χ3v) is 8.52. The average Bonchev–Trinajstić information content (AvgIpc) is 3.47. The Balaban J connectivity index is 1.29. The number of fused-ring (bicyclic) bond motifs is 12. The van der Waals surface area contributed by atoms with Crippen molar-refractivity contribution < 1.29 is 0 Å². The van der Waals surface area contributed by atoms with Crippen LogP contribution in [0.5, 0.6) is 0 Å². The van der Waals surface area contributed by atoms with Gasteiger partial charge >= 0.3 is 0 Å². The van der Waals surface area contributed by atoms with Crippen molar-refractivity contribution in [2.75, 3.05) is 4.90 Å². The number of benzene rings is 3. The van der Waals surface area contributed by atoms with E-state index in [4.69, 9.17) is 4.98 Å². The van der Waals surface area contributed by atoms with Crippen LogP contribution in [0.3, 0.4) is 0 Å². The predicted octanol–water partition coefficient (Wildman–Crippen LogP) is 6.90. The highest BCUT2D eigenvalue weighted by Gasteiger charge is 2.36. The predicted molar refractivity (Wildman–Crippen MR) is 139 cm³/mol. The standard InChI is InChI=1S/C32H21N3/c1-2-4-22-18(3-1)13-25-23(22)6-7-24-26(25)14-20-5-8-29-27(31(20)24)15-21-10-12-34-28-16-19-9-11-33-17-30(19)35(29)32(21)28/h1-12,17H,13-16H2. The maximum atomic E-state index is 4.79. The van der Waals surface area contributed by atoms with Crippen LogP contribution in [0.15, 0.2) is 79.3 Å². The highest BCUT2D eigenvalue weighted by atomic mass is 15.2. The van der Waals surface area contributed by atoms with E-state index in [1.54, 1.807) is 0 Å². The molecule has 2 aromatic heterocycles. The first-order chi connectivity index (χ1) is 17.3. The number of anilines is 3. The molecule has 0 bridgehead atoms. The zero-order chi connectivity index (χ0) is 22.7. The van der Waals surface area contributed by atoms with Crippen molar-refractivity contribution in [2.45, 2.75) is 25.7 Å². The summed E-state index contributed by atoms with van der Waals surface area (Å²) in [4.78, 5) is 11.7. The first-order valence-electron chi connectivity index (χ1n) is 12.4. The molecule has 2 aliphatic heterocycles. The molecule has 4 heterocycles. The van der Waals surface area contributed by atoms with Crippen molar-refractivity contribution in [1.29, 1.82) is 0 Å². The van der Waals surface area contributed by atoms with Gasteiger partial charge in [-0.1, -0.05) is 42.5 Å². The van der Waals surface area contributed by atoms with Gasteiger partial charge in [0, 0.05) is 25.2 Å². The molecule has 0 amide bonds. The smallest absolute Gasteiger partial charge is 0.0716 e. The van der Waals surface area contributed by atoms with Crippen LogP contribution in [0.1, 0.15) is 44.6 Å². The zero-order valence-corrected chi connectivity index (χ0v) is 19.2. The molecule has 0 atom stereocenters. The maximum Gasteiger partial charge on any atom is 0.0716 e. The Kier molecular flexibility index (Phi) is 3.24. The summed E-state index contributed by atoms with van der Waals surface area (Å²) in [6.07, 6.45) is 9.81. The van der Waals surface area contributed by atoms with E-state index in [2.05, 4.69) is 70.5 Å². The van der Waals surface area contributed by atoms with Crippen molar-refractivity contribution in [3.05, 3.63) is 124 Å². The molecule has 35 heavy (non-hydrogen) atoms. The SMILES string of the molecule is c1ccc2c(c1)Cc1c-2ccc2c1Cc1ccc3c(c1-2)Cc1ccnc2c1N3c1cnccc1C2. The van der Waals surface area contributed by atoms with Gasteiger partial charge in [0.2, 0.25) is 0 Å². The fourth-order valence-corrected chi connectivity index (χ4v) is 7.05. The third kappa shape index (κ3) is 2.21. The Labute approximate surface area is 203 Å². The fourth-order valence-electron chi connectivity index (χ4n) is 7.05. The van der Waals surface area contributed by atoms with Gasteiger partial charge in [0.25, 0.3) is 0 Å². The van der Waals surface area contributed by atoms with Crippen molar-refractivity contribution in [3.8, 4) is 22.3 Å². The molecule has 0 radical (unpaired) electrons. The second kappa shape index (κ2) is 6.25. The van der Waals surface area contributed by atoms with Crippen LogP contribution in [0.25, 0.3) is 22.3 Å². The van der Waals surface area contributed by atoms with Gasteiger partial charge in [-0.2, -0.15) is 0 Å². The summed E-state index contributed by atoms with van der Waals surface area (Å²) in [5.74, 6) is 0. The minimum absolute atomic E-state index is 0.868. The summed E-state index contributed by atoms with van der Waals surface area (Å²) in [7, 11) is 0. The van der Waals surface area contributed by atoms with Crippen molar-refractivity contribution in [2.24, 2.45) is 0 Å². The monoisotopic (exact) mass is 447 g/mol. The first kappa shape index (κ1) is 18.1. The number of nitrogens with zero attached hydrogens (tertiary/aromatic N) is 3. The van der Waals surface area contributed by atoms with Gasteiger partial charge in [0.05, 0.1) is 29.0 Å². The summed E-state index contributed by atoms with van der Waals surface area (Å²) >= 11 is 0. The summed E-state index contributed by atoms with van der Waals surface area (Å²) in [5.41, 5.74) is 20.7. The molecular weight excluding hydrogens is 426 g/mol. The molecule has 9 rings (SSSR count). The number of pyridine rings is 2. The largest absolute Gasteiger partial charge is 0.306 e. The van der Waals surface area contributed by atoms with E-state index in [-0.39, 0.29) is 0 Å². The van der Waals surface area contributed by atoms with E-state index in [1.165, 1.54) is 84.0 Å². The van der Waals surface area contributed by atoms with Crippen LogP contribution >= 0.6 is 0 Å². The molecule has 164 valence electrons. The molecule has 0 unspecified atom stereocenters. The molecule has 3 heteroatoms. The fraction of sp³-hybridized carbons (Fsp3) is 0.125. The Morgan fingerprint density at radius 2 is 1.40 bits per heavy atom. The topological polar surface area (TPSA) is 29.0 Å². The lowest BCUT2D eigenvalue weighted by molar-refractivity contribution is 0.953. The van der Waals surface area contributed by atoms with Crippen molar-refractivity contribution >= 4 is 17.1 Å². The molecule has 0 N–H and O–H groups in total. The quantitative estimate of drug-likeness (QED) is 0.253. The lowest BCUT2D eigenvalue weighted by atomic mass is 9.85. The molecule has 2 aliphatic carbocycles. The van der Waals surface area contributed by atoms with Crippen molar-refractivity contribution in [3.63, 3.8) is 0 Å². The molecule has 5 aromatic rings. The van der Waals surface area contributed by atoms with E-state index >= 15 is 0 Å². The minimum Gasteiger partial charge on any atom is -0.306 e. The summed E-state index contributed by atoms with van der Waals surface area (Å²) < 4.78 is 0. The molecule has 0 saturated carbocycles. The second-order valence-electron chi connectivity index (χ2n) is 10.2. The van der Waals surface area contributed by atoms with Gasteiger partial charge in [-0.05, 0) is 92.2 Å². The van der Waals surface area contributed by atoms with Gasteiger partial charge in [-0.25, -0.2) is 0 Å². The summed E-state index contributed by atoms with van der Waals surface area (Å²) in [5, 5.41) is 0. The van der Waals surface area contributed by atoms with Crippen molar-refractivity contribution in [1.82, 2.24) is 9.97 Å². The van der Waals surface area contributed by atoms with Crippen LogP contribution in [-0.4, -0.2) is 9.97 Å². The Hall–Kier alpha value is -4.24. The summed E-state index contributed by atoms with van der Waals surface area (Å²) in [6.45, 7) is 0. The number of hydrogen-bond donors (Lipinski definition) is 0. The third-order valence-electron chi connectivity index (χ3n) is 8.52. The molecule has 0 saturated heterocycles. The molecule has 3 nitrogen and oxygen atoms in total. The number of aromatic nitrogens is 2. The van der Waals surface area contributed by atoms with Gasteiger partial charge < -0.3 is 4.90 Å². The van der Waals surface area contributed by atoms with Gasteiger partial charge in [0.15, 0.2) is 0 Å². The highest BCUT2D eigenvalue weighted by molar-refractivity contribution is 5.95. The lowest BCUT2D eigenvalue weighted by Crippen LogP contribution is -2.26. The van der Waals surface area contributed by atoms with Crippen LogP contribution < -0.4 is 4.90 Å². The normalized spacial score (nSPS) is 14.9. The molecule has 0 fully saturated rings. The Morgan fingerprint density at radius 1 is 0.571 bits per heavy atom. The molecule has 0 spiro atoms. The van der Waals surface area contributed by atoms with E-state index in [1.807, 2.05) is 18.6 Å². The van der Waals surface area contributed by atoms with Crippen LogP contribution in [0.4, 0.5) is 17.1 Å². The van der Waals surface area contributed by atoms with Crippen LogP contribution in [0.2, 0.25) is 0 Å². The van der Waals surface area contributed by atoms with E-state index < -0.39 is 0 Å². The minimum atomic E-state index is 0.868. The van der Waals surface area contributed by atoms with Gasteiger partial charge in [-0.15, -0.1) is 0 Å². The lowest BCUT2D eigenvalue weighted by Gasteiger charge is -2.39. The van der Waals surface area contributed by atoms with Gasteiger partial charge in [0.1, 0.15) is 0 Å². The average molecular weight is 448 g/mol. The molecular formula is C32H21N3. The first-order valence-corrected chi connectivity index (χ1v) is 12.4.